The van der Waals surface area contributed by atoms with E-state index in [2.05, 4.69) is 24.6 Å². The zero-order chi connectivity index (χ0) is 9.84. The zero-order valence-electron chi connectivity index (χ0n) is 8.54. The first-order chi connectivity index (χ1) is 6.17. The van der Waals surface area contributed by atoms with Crippen molar-refractivity contribution in [1.29, 1.82) is 0 Å². The summed E-state index contributed by atoms with van der Waals surface area (Å²) in [7, 11) is 0. The van der Waals surface area contributed by atoms with E-state index in [0.717, 1.165) is 35.4 Å². The molecule has 14 heavy (non-hydrogen) atoms. The van der Waals surface area contributed by atoms with Crippen molar-refractivity contribution < 1.29 is 16.5 Å². The molecule has 0 saturated heterocycles. The standard InChI is InChI=1S/C11H15N2.Ni/c1-4-10-6-9(7-12)11(13-10)5-8(2)3;/h7H,2,4-5,12H2,1,3H3;/q-1;. The molecule has 1 heterocycles. The number of nitrogens with zero attached hydrogens (tertiary/aromatic N) is 1. The van der Waals surface area contributed by atoms with Crippen LogP contribution in [0.25, 0.3) is 0 Å². The van der Waals surface area contributed by atoms with Crippen molar-refractivity contribution in [2.75, 3.05) is 0 Å². The molecule has 0 bridgehead atoms. The fourth-order valence-electron chi connectivity index (χ4n) is 1.20. The molecule has 0 saturated carbocycles. The predicted molar refractivity (Wildman–Crippen MR) is 56.2 cm³/mol. The summed E-state index contributed by atoms with van der Waals surface area (Å²) in [6.07, 6.45) is 6.40. The summed E-state index contributed by atoms with van der Waals surface area (Å²) in [6.45, 7) is 7.90. The largest absolute Gasteiger partial charge is 0.455 e. The first-order valence-electron chi connectivity index (χ1n) is 4.44. The molecular formula is C11H15N2Ni-. The van der Waals surface area contributed by atoms with Crippen molar-refractivity contribution in [3.63, 3.8) is 0 Å². The summed E-state index contributed by atoms with van der Waals surface area (Å²) in [5.74, 6) is 0. The van der Waals surface area contributed by atoms with E-state index in [0.29, 0.717) is 0 Å². The topological polar surface area (TPSA) is 38.4 Å². The van der Waals surface area contributed by atoms with Crippen LogP contribution in [0.1, 0.15) is 26.7 Å². The Balaban J connectivity index is 0.00000169. The number of allylic oxidation sites excluding steroid dienone is 4. The molecular weight excluding hydrogens is 219 g/mol. The molecule has 2 nitrogen and oxygen atoms in total. The maximum absolute atomic E-state index is 5.47. The van der Waals surface area contributed by atoms with Crippen LogP contribution in [0.4, 0.5) is 0 Å². The van der Waals surface area contributed by atoms with Gasteiger partial charge in [-0.3, -0.25) is 0 Å². The smallest absolute Gasteiger partial charge is 0 e. The second kappa shape index (κ2) is 5.82. The Labute approximate surface area is 95.6 Å². The van der Waals surface area contributed by atoms with Crippen molar-refractivity contribution in [2.24, 2.45) is 10.7 Å². The summed E-state index contributed by atoms with van der Waals surface area (Å²) in [5.41, 5.74) is 9.45. The van der Waals surface area contributed by atoms with Gasteiger partial charge in [-0.2, -0.15) is 11.6 Å². The van der Waals surface area contributed by atoms with E-state index in [1.54, 1.807) is 6.20 Å². The molecule has 3 heteroatoms. The molecule has 2 N–H and O–H groups in total. The molecule has 0 aromatic heterocycles. The molecule has 0 amide bonds. The van der Waals surface area contributed by atoms with Gasteiger partial charge in [0.05, 0.1) is 0 Å². The molecule has 0 aromatic rings. The molecule has 0 spiro atoms. The molecule has 0 atom stereocenters. The number of hydrogen-bond acceptors (Lipinski definition) is 2. The fourth-order valence-corrected chi connectivity index (χ4v) is 1.20. The third-order valence-corrected chi connectivity index (χ3v) is 1.83. The summed E-state index contributed by atoms with van der Waals surface area (Å²) in [5, 5.41) is 0. The van der Waals surface area contributed by atoms with Crippen molar-refractivity contribution in [3.8, 4) is 0 Å². The van der Waals surface area contributed by atoms with Gasteiger partial charge in [-0.15, -0.1) is 12.8 Å². The molecule has 1 rings (SSSR count). The molecule has 0 fully saturated rings. The third-order valence-electron chi connectivity index (χ3n) is 1.83. The Morgan fingerprint density at radius 2 is 2.29 bits per heavy atom. The number of nitrogens with two attached hydrogens (primary N) is 1. The van der Waals surface area contributed by atoms with Crippen molar-refractivity contribution >= 4 is 5.71 Å². The normalized spacial score (nSPS) is 17.4. The van der Waals surface area contributed by atoms with Crippen LogP contribution in [-0.4, -0.2) is 5.71 Å². The van der Waals surface area contributed by atoms with Crippen LogP contribution in [0.2, 0.25) is 0 Å². The van der Waals surface area contributed by atoms with Gasteiger partial charge in [0.15, 0.2) is 0 Å². The van der Waals surface area contributed by atoms with Crippen LogP contribution in [0.15, 0.2) is 34.6 Å². The molecule has 0 aromatic carbocycles. The van der Waals surface area contributed by atoms with E-state index in [1.165, 1.54) is 0 Å². The van der Waals surface area contributed by atoms with Gasteiger partial charge >= 0.3 is 0 Å². The Morgan fingerprint density at radius 1 is 1.64 bits per heavy atom. The van der Waals surface area contributed by atoms with E-state index >= 15 is 0 Å². The second-order valence-corrected chi connectivity index (χ2v) is 3.20. The number of hydrogen-bond donors (Lipinski definition) is 1. The Bertz CT molecular complexity index is 311. The molecule has 0 unspecified atom stereocenters. The summed E-state index contributed by atoms with van der Waals surface area (Å²) in [4.78, 5) is 4.41. The quantitative estimate of drug-likeness (QED) is 0.454. The van der Waals surface area contributed by atoms with Crippen LogP contribution in [0.5, 0.6) is 0 Å². The summed E-state index contributed by atoms with van der Waals surface area (Å²) in [6, 6.07) is 0. The summed E-state index contributed by atoms with van der Waals surface area (Å²) >= 11 is 0. The van der Waals surface area contributed by atoms with Gasteiger partial charge in [-0.05, 0) is 25.5 Å². The van der Waals surface area contributed by atoms with E-state index < -0.39 is 0 Å². The minimum absolute atomic E-state index is 0. The maximum Gasteiger partial charge on any atom is 0 e. The van der Waals surface area contributed by atoms with Crippen LogP contribution < -0.4 is 5.73 Å². The monoisotopic (exact) mass is 233 g/mol. The minimum Gasteiger partial charge on any atom is -0.455 e. The number of rotatable bonds is 3. The van der Waals surface area contributed by atoms with Crippen molar-refractivity contribution in [3.05, 3.63) is 35.7 Å². The van der Waals surface area contributed by atoms with Crippen LogP contribution in [0, 0.1) is 6.08 Å². The average Bonchev–Trinajstić information content (AvgIpc) is 2.46. The molecule has 0 radical (unpaired) electrons. The van der Waals surface area contributed by atoms with E-state index in [-0.39, 0.29) is 16.5 Å². The molecule has 1 aliphatic heterocycles. The van der Waals surface area contributed by atoms with Gasteiger partial charge in [0.25, 0.3) is 0 Å². The molecule has 80 valence electrons. The van der Waals surface area contributed by atoms with Gasteiger partial charge in [0, 0.05) is 16.5 Å². The van der Waals surface area contributed by atoms with Gasteiger partial charge < -0.3 is 10.7 Å². The first kappa shape index (κ1) is 13.2. The van der Waals surface area contributed by atoms with E-state index in [9.17, 15) is 0 Å². The van der Waals surface area contributed by atoms with E-state index in [1.807, 2.05) is 6.92 Å². The Hall–Kier alpha value is -0.816. The van der Waals surface area contributed by atoms with Crippen molar-refractivity contribution in [1.82, 2.24) is 0 Å². The molecule has 1 aliphatic rings. The van der Waals surface area contributed by atoms with Gasteiger partial charge in [-0.25, -0.2) is 0 Å². The SMILES string of the molecule is C=C(C)CC1=NC(CC)=[C-]C1=CN.[Ni]. The average molecular weight is 234 g/mol. The fraction of sp³-hybridized carbons (Fsp3) is 0.364. The van der Waals surface area contributed by atoms with Crippen LogP contribution in [0.3, 0.4) is 0 Å². The van der Waals surface area contributed by atoms with Gasteiger partial charge in [0.2, 0.25) is 0 Å². The van der Waals surface area contributed by atoms with Gasteiger partial charge in [-0.1, -0.05) is 18.2 Å². The number of aliphatic imine (C=N–C) groups is 1. The van der Waals surface area contributed by atoms with E-state index in [4.69, 9.17) is 5.73 Å². The predicted octanol–water partition coefficient (Wildman–Crippen LogP) is 2.34. The zero-order valence-corrected chi connectivity index (χ0v) is 9.53. The Morgan fingerprint density at radius 3 is 2.71 bits per heavy atom. The van der Waals surface area contributed by atoms with Crippen LogP contribution in [-0.2, 0) is 16.5 Å². The van der Waals surface area contributed by atoms with Gasteiger partial charge in [0.1, 0.15) is 0 Å². The van der Waals surface area contributed by atoms with Crippen molar-refractivity contribution in [2.45, 2.75) is 26.7 Å². The summed E-state index contributed by atoms with van der Waals surface area (Å²) < 4.78 is 0. The maximum atomic E-state index is 5.47. The minimum atomic E-state index is 0. The second-order valence-electron chi connectivity index (χ2n) is 3.20. The third kappa shape index (κ3) is 3.15. The van der Waals surface area contributed by atoms with Crippen LogP contribution >= 0.6 is 0 Å². The Kier molecular flexibility index (Phi) is 5.48. The molecule has 0 aliphatic carbocycles. The first-order valence-corrected chi connectivity index (χ1v) is 4.44.